The van der Waals surface area contributed by atoms with E-state index < -0.39 is 29.2 Å². The molecule has 0 spiro atoms. The zero-order valence-electron chi connectivity index (χ0n) is 8.57. The van der Waals surface area contributed by atoms with E-state index >= 15 is 0 Å². The minimum absolute atomic E-state index is 0.260. The highest BCUT2D eigenvalue weighted by molar-refractivity contribution is 6.00. The fourth-order valence-corrected chi connectivity index (χ4v) is 1.18. The molecule has 0 aromatic heterocycles. The first-order valence-corrected chi connectivity index (χ1v) is 4.36. The SMILES string of the molecule is COCc1ccc(C(=O)C(F)(F)F)c(F)c1F. The number of halogens is 5. The normalized spacial score (nSPS) is 11.6. The van der Waals surface area contributed by atoms with Crippen molar-refractivity contribution < 1.29 is 31.5 Å². The molecule has 17 heavy (non-hydrogen) atoms. The molecule has 0 bridgehead atoms. The second-order valence-electron chi connectivity index (χ2n) is 3.16. The van der Waals surface area contributed by atoms with E-state index in [-0.39, 0.29) is 12.2 Å². The molecular formula is C10H7F5O2. The van der Waals surface area contributed by atoms with Crippen LogP contribution in [0.25, 0.3) is 0 Å². The molecule has 0 unspecified atom stereocenters. The van der Waals surface area contributed by atoms with E-state index in [9.17, 15) is 26.7 Å². The van der Waals surface area contributed by atoms with Crippen molar-refractivity contribution in [2.45, 2.75) is 12.8 Å². The number of carbonyl (C=O) groups excluding carboxylic acids is 1. The van der Waals surface area contributed by atoms with Crippen LogP contribution in [0, 0.1) is 11.6 Å². The third kappa shape index (κ3) is 2.79. The Kier molecular flexibility index (Phi) is 3.82. The van der Waals surface area contributed by atoms with Crippen molar-refractivity contribution in [2.24, 2.45) is 0 Å². The minimum Gasteiger partial charge on any atom is -0.380 e. The summed E-state index contributed by atoms with van der Waals surface area (Å²) in [6.45, 7) is -0.302. The standard InChI is InChI=1S/C10H7F5O2/c1-17-4-5-2-3-6(8(12)7(5)11)9(16)10(13,14)15/h2-3H,4H2,1H3. The van der Waals surface area contributed by atoms with Gasteiger partial charge in [-0.05, 0) is 6.07 Å². The number of hydrogen-bond donors (Lipinski definition) is 0. The van der Waals surface area contributed by atoms with Crippen molar-refractivity contribution in [1.82, 2.24) is 0 Å². The first kappa shape index (κ1) is 13.6. The molecule has 0 saturated carbocycles. The van der Waals surface area contributed by atoms with Crippen LogP contribution in [0.1, 0.15) is 15.9 Å². The van der Waals surface area contributed by atoms with E-state index in [0.29, 0.717) is 6.07 Å². The number of carbonyl (C=O) groups is 1. The molecule has 0 aliphatic rings. The molecule has 2 nitrogen and oxygen atoms in total. The lowest BCUT2D eigenvalue weighted by atomic mass is 10.1. The molecule has 0 radical (unpaired) electrons. The van der Waals surface area contributed by atoms with Crippen LogP contribution in [-0.4, -0.2) is 19.1 Å². The van der Waals surface area contributed by atoms with E-state index in [0.717, 1.165) is 6.07 Å². The van der Waals surface area contributed by atoms with Gasteiger partial charge in [0.25, 0.3) is 5.78 Å². The van der Waals surface area contributed by atoms with Crippen molar-refractivity contribution in [1.29, 1.82) is 0 Å². The van der Waals surface area contributed by atoms with Crippen LogP contribution < -0.4 is 0 Å². The minimum atomic E-state index is -5.24. The molecular weight excluding hydrogens is 247 g/mol. The van der Waals surface area contributed by atoms with Crippen LogP contribution in [0.3, 0.4) is 0 Å². The number of Topliss-reactive ketones (excluding diaryl/α,β-unsaturated/α-hetero) is 1. The summed E-state index contributed by atoms with van der Waals surface area (Å²) in [6, 6.07) is 1.46. The van der Waals surface area contributed by atoms with E-state index in [1.54, 1.807) is 0 Å². The Balaban J connectivity index is 3.22. The molecule has 0 saturated heterocycles. The van der Waals surface area contributed by atoms with Gasteiger partial charge < -0.3 is 4.74 Å². The summed E-state index contributed by atoms with van der Waals surface area (Å²) in [6.07, 6.45) is -5.24. The highest BCUT2D eigenvalue weighted by Crippen LogP contribution is 2.25. The van der Waals surface area contributed by atoms with Gasteiger partial charge in [0.2, 0.25) is 0 Å². The predicted molar refractivity (Wildman–Crippen MR) is 47.5 cm³/mol. The number of ether oxygens (including phenoxy) is 1. The van der Waals surface area contributed by atoms with E-state index in [1.807, 2.05) is 0 Å². The van der Waals surface area contributed by atoms with Gasteiger partial charge in [-0.1, -0.05) is 6.07 Å². The maximum atomic E-state index is 13.2. The Morgan fingerprint density at radius 3 is 2.29 bits per heavy atom. The number of methoxy groups -OCH3 is 1. The maximum Gasteiger partial charge on any atom is 0.454 e. The molecule has 0 heterocycles. The number of alkyl halides is 3. The molecule has 0 aliphatic carbocycles. The van der Waals surface area contributed by atoms with Crippen molar-refractivity contribution in [3.05, 3.63) is 34.9 Å². The van der Waals surface area contributed by atoms with Gasteiger partial charge in [-0.25, -0.2) is 8.78 Å². The first-order valence-electron chi connectivity index (χ1n) is 4.36. The van der Waals surface area contributed by atoms with Gasteiger partial charge in [-0.3, -0.25) is 4.79 Å². The quantitative estimate of drug-likeness (QED) is 0.612. The van der Waals surface area contributed by atoms with Gasteiger partial charge in [0.05, 0.1) is 12.2 Å². The lowest BCUT2D eigenvalue weighted by Crippen LogP contribution is -2.24. The zero-order valence-corrected chi connectivity index (χ0v) is 8.57. The molecule has 1 rings (SSSR count). The Hall–Kier alpha value is -1.50. The van der Waals surface area contributed by atoms with E-state index in [1.165, 1.54) is 7.11 Å². The average molecular weight is 254 g/mol. The second kappa shape index (κ2) is 4.79. The Morgan fingerprint density at radius 2 is 1.82 bits per heavy atom. The highest BCUT2D eigenvalue weighted by Gasteiger charge is 2.41. The Bertz CT molecular complexity index is 439. The smallest absolute Gasteiger partial charge is 0.380 e. The fourth-order valence-electron chi connectivity index (χ4n) is 1.18. The highest BCUT2D eigenvalue weighted by atomic mass is 19.4. The number of ketones is 1. The summed E-state index contributed by atoms with van der Waals surface area (Å²) in [7, 11) is 1.21. The predicted octanol–water partition coefficient (Wildman–Crippen LogP) is 2.86. The molecule has 0 N–H and O–H groups in total. The van der Waals surface area contributed by atoms with Crippen LogP contribution in [0.5, 0.6) is 0 Å². The number of hydrogen-bond acceptors (Lipinski definition) is 2. The molecule has 0 aliphatic heterocycles. The van der Waals surface area contributed by atoms with Crippen LogP contribution in [0.4, 0.5) is 22.0 Å². The summed E-state index contributed by atoms with van der Waals surface area (Å²) < 4.78 is 67.1. The third-order valence-electron chi connectivity index (χ3n) is 1.96. The average Bonchev–Trinajstić information content (AvgIpc) is 2.23. The van der Waals surface area contributed by atoms with Gasteiger partial charge >= 0.3 is 6.18 Å². The van der Waals surface area contributed by atoms with E-state index in [4.69, 9.17) is 0 Å². The second-order valence-corrected chi connectivity index (χ2v) is 3.16. The van der Waals surface area contributed by atoms with Crippen LogP contribution >= 0.6 is 0 Å². The zero-order chi connectivity index (χ0) is 13.2. The molecule has 0 amide bonds. The Morgan fingerprint density at radius 1 is 1.24 bits per heavy atom. The molecule has 1 aromatic carbocycles. The van der Waals surface area contributed by atoms with Gasteiger partial charge in [-0.2, -0.15) is 13.2 Å². The Labute approximate surface area is 93.0 Å². The van der Waals surface area contributed by atoms with Crippen molar-refractivity contribution in [3.63, 3.8) is 0 Å². The summed E-state index contributed by atoms with van der Waals surface area (Å²) in [5.74, 6) is -5.75. The lowest BCUT2D eigenvalue weighted by molar-refractivity contribution is -0.0887. The molecule has 0 fully saturated rings. The first-order chi connectivity index (χ1) is 7.79. The van der Waals surface area contributed by atoms with Crippen LogP contribution in [-0.2, 0) is 11.3 Å². The van der Waals surface area contributed by atoms with Crippen LogP contribution in [0.15, 0.2) is 12.1 Å². The van der Waals surface area contributed by atoms with Crippen molar-refractivity contribution >= 4 is 5.78 Å². The summed E-state index contributed by atoms with van der Waals surface area (Å²) in [4.78, 5) is 10.7. The number of rotatable bonds is 3. The lowest BCUT2D eigenvalue weighted by Gasteiger charge is -2.09. The summed E-state index contributed by atoms with van der Waals surface area (Å²) in [5, 5.41) is 0. The van der Waals surface area contributed by atoms with Gasteiger partial charge in [-0.15, -0.1) is 0 Å². The van der Waals surface area contributed by atoms with E-state index in [2.05, 4.69) is 4.74 Å². The molecule has 0 atom stereocenters. The monoisotopic (exact) mass is 254 g/mol. The number of benzene rings is 1. The van der Waals surface area contributed by atoms with Gasteiger partial charge in [0.15, 0.2) is 11.6 Å². The third-order valence-corrected chi connectivity index (χ3v) is 1.96. The maximum absolute atomic E-state index is 13.2. The fraction of sp³-hybridized carbons (Fsp3) is 0.300. The van der Waals surface area contributed by atoms with Crippen LogP contribution in [0.2, 0.25) is 0 Å². The van der Waals surface area contributed by atoms with Gasteiger partial charge in [0.1, 0.15) is 0 Å². The largest absolute Gasteiger partial charge is 0.454 e. The molecule has 1 aromatic rings. The topological polar surface area (TPSA) is 26.3 Å². The summed E-state index contributed by atoms with van der Waals surface area (Å²) in [5.41, 5.74) is -1.60. The van der Waals surface area contributed by atoms with Crippen molar-refractivity contribution in [3.8, 4) is 0 Å². The summed E-state index contributed by atoms with van der Waals surface area (Å²) >= 11 is 0. The molecule has 94 valence electrons. The molecule has 7 heteroatoms. The van der Waals surface area contributed by atoms with Gasteiger partial charge in [0, 0.05) is 12.7 Å². The van der Waals surface area contributed by atoms with Crippen molar-refractivity contribution in [2.75, 3.05) is 7.11 Å².